The van der Waals surface area contributed by atoms with Crippen LogP contribution in [0.15, 0.2) is 30.3 Å². The minimum atomic E-state index is 0.0365. The fourth-order valence-electron chi connectivity index (χ4n) is 3.37. The third kappa shape index (κ3) is 5.64. The van der Waals surface area contributed by atoms with Crippen LogP contribution in [0.25, 0.3) is 0 Å². The normalized spacial score (nSPS) is 15.0. The molecule has 0 unspecified atom stereocenters. The summed E-state index contributed by atoms with van der Waals surface area (Å²) in [5.74, 6) is 0.0365. The number of carbonyl (C=O) groups excluding carboxylic acids is 1. The van der Waals surface area contributed by atoms with Gasteiger partial charge in [-0.1, -0.05) is 44.5 Å². The zero-order valence-electron chi connectivity index (χ0n) is 16.4. The van der Waals surface area contributed by atoms with Crippen molar-refractivity contribution in [1.82, 2.24) is 10.2 Å². The average Bonchev–Trinajstić information content (AvgIpc) is 3.11. The first kappa shape index (κ1) is 20.1. The molecule has 0 radical (unpaired) electrons. The van der Waals surface area contributed by atoms with Crippen LogP contribution in [0.1, 0.15) is 51.5 Å². The number of thiophene rings is 1. The van der Waals surface area contributed by atoms with E-state index >= 15 is 0 Å². The Hall–Kier alpha value is -1.69. The second kappa shape index (κ2) is 10.0. The summed E-state index contributed by atoms with van der Waals surface area (Å²) in [4.78, 5) is 17.1. The second-order valence-electron chi connectivity index (χ2n) is 7.05. The molecule has 0 atom stereocenters. The lowest BCUT2D eigenvalue weighted by Gasteiger charge is -2.26. The van der Waals surface area contributed by atoms with Gasteiger partial charge in [0.25, 0.3) is 5.91 Å². The molecule has 1 aliphatic heterocycles. The Bertz CT molecular complexity index is 733. The summed E-state index contributed by atoms with van der Waals surface area (Å²) in [7, 11) is 0. The van der Waals surface area contributed by atoms with Gasteiger partial charge in [-0.05, 0) is 35.6 Å². The van der Waals surface area contributed by atoms with Gasteiger partial charge in [0.15, 0.2) is 0 Å². The standard InChI is InChI=1S/C22H30N2O2S/c1-3-5-20-19(4-2)14-21(27-20)22(25)23-15-17-6-8-18(9-7-17)16-24-10-12-26-13-11-24/h6-9,14H,3-5,10-13,15-16H2,1-2H3,(H,23,25). The summed E-state index contributed by atoms with van der Waals surface area (Å²) in [5.41, 5.74) is 3.76. The molecule has 2 aromatic rings. The van der Waals surface area contributed by atoms with Crippen molar-refractivity contribution in [2.45, 2.75) is 46.2 Å². The van der Waals surface area contributed by atoms with E-state index in [-0.39, 0.29) is 5.91 Å². The highest BCUT2D eigenvalue weighted by Gasteiger charge is 2.14. The van der Waals surface area contributed by atoms with Gasteiger partial charge in [0.1, 0.15) is 0 Å². The predicted octanol–water partition coefficient (Wildman–Crippen LogP) is 4.03. The number of rotatable bonds is 8. The number of hydrogen-bond acceptors (Lipinski definition) is 4. The second-order valence-corrected chi connectivity index (χ2v) is 8.19. The van der Waals surface area contributed by atoms with E-state index in [1.54, 1.807) is 11.3 Å². The van der Waals surface area contributed by atoms with Crippen LogP contribution in [-0.2, 0) is 30.7 Å². The molecule has 1 aliphatic rings. The number of hydrogen-bond donors (Lipinski definition) is 1. The molecule has 1 saturated heterocycles. The van der Waals surface area contributed by atoms with Crippen molar-refractivity contribution in [1.29, 1.82) is 0 Å². The maximum Gasteiger partial charge on any atom is 0.261 e. The molecular formula is C22H30N2O2S. The molecule has 27 heavy (non-hydrogen) atoms. The van der Waals surface area contributed by atoms with Gasteiger partial charge < -0.3 is 10.1 Å². The monoisotopic (exact) mass is 386 g/mol. The van der Waals surface area contributed by atoms with Crippen molar-refractivity contribution in [3.05, 3.63) is 56.8 Å². The molecule has 146 valence electrons. The van der Waals surface area contributed by atoms with Gasteiger partial charge in [-0.25, -0.2) is 0 Å². The Balaban J connectivity index is 1.52. The van der Waals surface area contributed by atoms with Crippen molar-refractivity contribution in [3.8, 4) is 0 Å². The lowest BCUT2D eigenvalue weighted by atomic mass is 10.1. The molecule has 0 bridgehead atoms. The van der Waals surface area contributed by atoms with Crippen LogP contribution in [0.4, 0.5) is 0 Å². The summed E-state index contributed by atoms with van der Waals surface area (Å²) in [6, 6.07) is 10.6. The zero-order valence-corrected chi connectivity index (χ0v) is 17.2. The van der Waals surface area contributed by atoms with E-state index in [9.17, 15) is 4.79 Å². The van der Waals surface area contributed by atoms with Crippen LogP contribution in [0.5, 0.6) is 0 Å². The number of morpholine rings is 1. The summed E-state index contributed by atoms with van der Waals surface area (Å²) in [6.07, 6.45) is 3.17. The van der Waals surface area contributed by atoms with Gasteiger partial charge in [-0.15, -0.1) is 11.3 Å². The molecule has 2 heterocycles. The lowest BCUT2D eigenvalue weighted by molar-refractivity contribution is 0.0342. The molecule has 1 N–H and O–H groups in total. The van der Waals surface area contributed by atoms with E-state index in [0.717, 1.165) is 62.6 Å². The highest BCUT2D eigenvalue weighted by atomic mass is 32.1. The van der Waals surface area contributed by atoms with Gasteiger partial charge in [0.05, 0.1) is 18.1 Å². The maximum absolute atomic E-state index is 12.5. The van der Waals surface area contributed by atoms with Crippen LogP contribution >= 0.6 is 11.3 Å². The summed E-state index contributed by atoms with van der Waals surface area (Å²) in [5, 5.41) is 3.07. The van der Waals surface area contributed by atoms with E-state index in [2.05, 4.69) is 54.4 Å². The number of ether oxygens (including phenoxy) is 1. The molecule has 4 nitrogen and oxygen atoms in total. The van der Waals surface area contributed by atoms with Gasteiger partial charge in [0, 0.05) is 31.1 Å². The first-order valence-corrected chi connectivity index (χ1v) is 10.8. The Morgan fingerprint density at radius 2 is 1.85 bits per heavy atom. The Labute approximate surface area is 166 Å². The SMILES string of the molecule is CCCc1sc(C(=O)NCc2ccc(CN3CCOCC3)cc2)cc1CC. The van der Waals surface area contributed by atoms with E-state index in [4.69, 9.17) is 4.74 Å². The summed E-state index contributed by atoms with van der Waals surface area (Å²) in [6.45, 7) is 9.52. The minimum absolute atomic E-state index is 0.0365. The third-order valence-corrected chi connectivity index (χ3v) is 6.20. The van der Waals surface area contributed by atoms with Crippen LogP contribution in [-0.4, -0.2) is 37.1 Å². The topological polar surface area (TPSA) is 41.6 Å². The Morgan fingerprint density at radius 1 is 1.15 bits per heavy atom. The molecule has 1 fully saturated rings. The molecule has 5 heteroatoms. The smallest absolute Gasteiger partial charge is 0.261 e. The fourth-order valence-corrected chi connectivity index (χ4v) is 4.64. The molecule has 1 aromatic carbocycles. The van der Waals surface area contributed by atoms with Crippen molar-refractivity contribution < 1.29 is 9.53 Å². The summed E-state index contributed by atoms with van der Waals surface area (Å²) >= 11 is 1.65. The molecule has 0 aliphatic carbocycles. The number of nitrogens with one attached hydrogen (secondary N) is 1. The van der Waals surface area contributed by atoms with E-state index < -0.39 is 0 Å². The van der Waals surface area contributed by atoms with E-state index in [1.807, 2.05) is 0 Å². The molecule has 1 aromatic heterocycles. The first-order chi connectivity index (χ1) is 13.2. The summed E-state index contributed by atoms with van der Waals surface area (Å²) < 4.78 is 5.40. The Kier molecular flexibility index (Phi) is 7.44. The number of nitrogens with zero attached hydrogens (tertiary/aromatic N) is 1. The lowest BCUT2D eigenvalue weighted by Crippen LogP contribution is -2.35. The number of carbonyl (C=O) groups is 1. The van der Waals surface area contributed by atoms with Gasteiger partial charge in [-0.3, -0.25) is 9.69 Å². The minimum Gasteiger partial charge on any atom is -0.379 e. The molecular weight excluding hydrogens is 356 g/mol. The first-order valence-electron chi connectivity index (χ1n) is 9.97. The fraction of sp³-hybridized carbons (Fsp3) is 0.500. The highest BCUT2D eigenvalue weighted by Crippen LogP contribution is 2.24. The maximum atomic E-state index is 12.5. The molecule has 1 amide bonds. The number of benzene rings is 1. The molecule has 3 rings (SSSR count). The Morgan fingerprint density at radius 3 is 2.52 bits per heavy atom. The highest BCUT2D eigenvalue weighted by molar-refractivity contribution is 7.14. The quantitative estimate of drug-likeness (QED) is 0.745. The van der Waals surface area contributed by atoms with Crippen LogP contribution in [0.3, 0.4) is 0 Å². The third-order valence-electron chi connectivity index (χ3n) is 4.96. The van der Waals surface area contributed by atoms with Gasteiger partial charge in [-0.2, -0.15) is 0 Å². The average molecular weight is 387 g/mol. The van der Waals surface area contributed by atoms with Crippen molar-refractivity contribution >= 4 is 17.2 Å². The van der Waals surface area contributed by atoms with Crippen molar-refractivity contribution in [2.24, 2.45) is 0 Å². The molecule has 0 saturated carbocycles. The predicted molar refractivity (Wildman–Crippen MR) is 111 cm³/mol. The number of amides is 1. The van der Waals surface area contributed by atoms with Crippen molar-refractivity contribution in [3.63, 3.8) is 0 Å². The van der Waals surface area contributed by atoms with Gasteiger partial charge >= 0.3 is 0 Å². The molecule has 0 spiro atoms. The van der Waals surface area contributed by atoms with E-state index in [1.165, 1.54) is 16.0 Å². The van der Waals surface area contributed by atoms with Crippen LogP contribution in [0, 0.1) is 0 Å². The van der Waals surface area contributed by atoms with Crippen LogP contribution in [0.2, 0.25) is 0 Å². The largest absolute Gasteiger partial charge is 0.379 e. The van der Waals surface area contributed by atoms with Crippen molar-refractivity contribution in [2.75, 3.05) is 26.3 Å². The number of aryl methyl sites for hydroxylation is 2. The zero-order chi connectivity index (χ0) is 19.1. The van der Waals surface area contributed by atoms with Gasteiger partial charge in [0.2, 0.25) is 0 Å². The van der Waals surface area contributed by atoms with E-state index in [0.29, 0.717) is 6.54 Å². The van der Waals surface area contributed by atoms with Crippen LogP contribution < -0.4 is 5.32 Å².